The monoisotopic (exact) mass is 490 g/mol. The minimum Gasteiger partial charge on any atom is -0.497 e. The van der Waals surface area contributed by atoms with Crippen LogP contribution in [0.4, 0.5) is 4.39 Å². The zero-order valence-corrected chi connectivity index (χ0v) is 22.0. The Bertz CT molecular complexity index is 1260. The second-order valence-electron chi connectivity index (χ2n) is 10.6. The van der Waals surface area contributed by atoms with E-state index < -0.39 is 0 Å². The first-order chi connectivity index (χ1) is 17.1. The Hall–Kier alpha value is -3.34. The molecule has 0 fully saturated rings. The average Bonchev–Trinajstić information content (AvgIpc) is 3.29. The molecule has 4 nitrogen and oxygen atoms in total. The quantitative estimate of drug-likeness (QED) is 0.328. The molecule has 2 atom stereocenters. The van der Waals surface area contributed by atoms with Gasteiger partial charge in [0.1, 0.15) is 23.9 Å². The molecule has 1 aliphatic rings. The number of methoxy groups -OCH3 is 2. The summed E-state index contributed by atoms with van der Waals surface area (Å²) < 4.78 is 31.3. The normalized spacial score (nSPS) is 15.8. The molecule has 0 heterocycles. The zero-order chi connectivity index (χ0) is 26.0. The Morgan fingerprint density at radius 3 is 2.44 bits per heavy atom. The first kappa shape index (κ1) is 25.7. The zero-order valence-electron chi connectivity index (χ0n) is 22.0. The van der Waals surface area contributed by atoms with Gasteiger partial charge in [0.05, 0.1) is 20.1 Å². The van der Waals surface area contributed by atoms with E-state index in [1.165, 1.54) is 24.3 Å². The van der Waals surface area contributed by atoms with Crippen molar-refractivity contribution in [2.24, 2.45) is 5.92 Å². The van der Waals surface area contributed by atoms with Gasteiger partial charge in [-0.2, -0.15) is 0 Å². The van der Waals surface area contributed by atoms with Crippen LogP contribution >= 0.6 is 0 Å². The number of esters is 1. The Kier molecular flexibility index (Phi) is 7.39. The van der Waals surface area contributed by atoms with Crippen LogP contribution < -0.4 is 9.47 Å². The van der Waals surface area contributed by atoms with Gasteiger partial charge < -0.3 is 14.2 Å². The molecule has 0 aliphatic heterocycles. The smallest absolute Gasteiger partial charge is 0.308 e. The summed E-state index contributed by atoms with van der Waals surface area (Å²) >= 11 is 0. The highest BCUT2D eigenvalue weighted by Gasteiger charge is 2.32. The van der Waals surface area contributed by atoms with Crippen molar-refractivity contribution in [1.82, 2.24) is 0 Å². The van der Waals surface area contributed by atoms with Crippen LogP contribution in [-0.4, -0.2) is 20.2 Å². The first-order valence-corrected chi connectivity index (χ1v) is 12.4. The maximum absolute atomic E-state index is 14.8. The molecule has 0 aromatic heterocycles. The molecule has 0 saturated heterocycles. The summed E-state index contributed by atoms with van der Waals surface area (Å²) in [5.74, 6) is 0.889. The van der Waals surface area contributed by atoms with Crippen LogP contribution in [0.25, 0.3) is 11.1 Å². The van der Waals surface area contributed by atoms with Crippen molar-refractivity contribution in [2.75, 3.05) is 14.2 Å². The first-order valence-electron chi connectivity index (χ1n) is 12.4. The van der Waals surface area contributed by atoms with Crippen molar-refractivity contribution in [2.45, 2.75) is 58.5 Å². The molecular weight excluding hydrogens is 455 g/mol. The van der Waals surface area contributed by atoms with Crippen molar-refractivity contribution in [3.8, 4) is 22.6 Å². The number of halogens is 1. The fourth-order valence-corrected chi connectivity index (χ4v) is 5.11. The Morgan fingerprint density at radius 2 is 1.75 bits per heavy atom. The van der Waals surface area contributed by atoms with Crippen molar-refractivity contribution in [1.29, 1.82) is 0 Å². The molecule has 0 spiro atoms. The molecule has 3 aromatic carbocycles. The fourth-order valence-electron chi connectivity index (χ4n) is 5.11. The highest BCUT2D eigenvalue weighted by Crippen LogP contribution is 2.41. The van der Waals surface area contributed by atoms with Gasteiger partial charge in [0.25, 0.3) is 0 Å². The van der Waals surface area contributed by atoms with Crippen LogP contribution in [-0.2, 0) is 28.0 Å². The van der Waals surface area contributed by atoms with Gasteiger partial charge in [-0.25, -0.2) is 4.39 Å². The number of carbonyl (C=O) groups is 1. The van der Waals surface area contributed by atoms with E-state index in [-0.39, 0.29) is 29.0 Å². The van der Waals surface area contributed by atoms with E-state index in [2.05, 4.69) is 39.0 Å². The van der Waals surface area contributed by atoms with Gasteiger partial charge in [-0.1, -0.05) is 52.0 Å². The van der Waals surface area contributed by atoms with Crippen molar-refractivity contribution >= 4 is 5.97 Å². The predicted molar refractivity (Wildman–Crippen MR) is 140 cm³/mol. The number of benzene rings is 3. The minimum absolute atomic E-state index is 0.139. The fraction of sp³-hybridized carbons (Fsp3) is 0.387. The summed E-state index contributed by atoms with van der Waals surface area (Å²) in [5, 5.41) is 0. The lowest BCUT2D eigenvalue weighted by molar-refractivity contribution is -0.145. The van der Waals surface area contributed by atoms with Gasteiger partial charge in [-0.15, -0.1) is 0 Å². The van der Waals surface area contributed by atoms with Crippen LogP contribution in [0.1, 0.15) is 62.3 Å². The maximum atomic E-state index is 14.8. The number of hydrogen-bond donors (Lipinski definition) is 0. The third-order valence-corrected chi connectivity index (χ3v) is 7.18. The van der Waals surface area contributed by atoms with Crippen LogP contribution in [0.2, 0.25) is 0 Å². The third-order valence-electron chi connectivity index (χ3n) is 7.18. The summed E-state index contributed by atoms with van der Waals surface area (Å²) in [6.45, 7) is 8.69. The highest BCUT2D eigenvalue weighted by molar-refractivity contribution is 5.73. The molecule has 190 valence electrons. The van der Waals surface area contributed by atoms with Gasteiger partial charge in [0, 0.05) is 5.56 Å². The topological polar surface area (TPSA) is 44.8 Å². The van der Waals surface area contributed by atoms with Gasteiger partial charge in [0.2, 0.25) is 0 Å². The summed E-state index contributed by atoms with van der Waals surface area (Å²) in [7, 11) is 3.02. The van der Waals surface area contributed by atoms with E-state index in [0.29, 0.717) is 17.9 Å². The Labute approximate surface area is 213 Å². The third kappa shape index (κ3) is 5.25. The van der Waals surface area contributed by atoms with E-state index >= 15 is 0 Å². The number of carbonyl (C=O) groups excluding carboxylic acids is 1. The molecule has 1 aliphatic carbocycles. The maximum Gasteiger partial charge on any atom is 0.308 e. The highest BCUT2D eigenvalue weighted by atomic mass is 19.1. The van der Waals surface area contributed by atoms with E-state index in [4.69, 9.17) is 14.2 Å². The van der Waals surface area contributed by atoms with E-state index in [9.17, 15) is 9.18 Å². The van der Waals surface area contributed by atoms with Crippen LogP contribution in [0.15, 0.2) is 54.6 Å². The summed E-state index contributed by atoms with van der Waals surface area (Å²) in [4.78, 5) is 12.1. The summed E-state index contributed by atoms with van der Waals surface area (Å²) in [6, 6.07) is 17.0. The number of aryl methyl sites for hydroxylation is 1. The molecule has 0 saturated carbocycles. The van der Waals surface area contributed by atoms with E-state index in [0.717, 1.165) is 35.3 Å². The molecule has 5 heteroatoms. The van der Waals surface area contributed by atoms with E-state index in [1.54, 1.807) is 19.2 Å². The van der Waals surface area contributed by atoms with Gasteiger partial charge in [0.15, 0.2) is 0 Å². The number of ether oxygens (including phenoxy) is 3. The minimum atomic E-state index is -0.279. The van der Waals surface area contributed by atoms with Crippen LogP contribution in [0.5, 0.6) is 11.5 Å². The van der Waals surface area contributed by atoms with Gasteiger partial charge in [-0.3, -0.25) is 4.79 Å². The molecule has 0 N–H and O–H groups in total. The predicted octanol–water partition coefficient (Wildman–Crippen LogP) is 7.22. The summed E-state index contributed by atoms with van der Waals surface area (Å²) in [6.07, 6.45) is 1.89. The lowest BCUT2D eigenvalue weighted by atomic mass is 9.81. The second kappa shape index (κ2) is 10.3. The molecule has 4 rings (SSSR count). The van der Waals surface area contributed by atoms with Crippen LogP contribution in [0.3, 0.4) is 0 Å². The van der Waals surface area contributed by atoms with Crippen molar-refractivity contribution in [3.05, 3.63) is 82.7 Å². The number of hydrogen-bond acceptors (Lipinski definition) is 4. The SMILES string of the molecule is COC(=O)C(C)[C@H]1CCc2ccc(OCc3ccc(-c4cc(OC)ccc4F)c(C(C)(C)C)c3)cc21. The second-order valence-corrected chi connectivity index (χ2v) is 10.6. The lowest BCUT2D eigenvalue weighted by Gasteiger charge is -2.25. The Morgan fingerprint density at radius 1 is 1.00 bits per heavy atom. The lowest BCUT2D eigenvalue weighted by Crippen LogP contribution is -2.19. The molecule has 0 bridgehead atoms. The number of rotatable bonds is 7. The van der Waals surface area contributed by atoms with Gasteiger partial charge >= 0.3 is 5.97 Å². The largest absolute Gasteiger partial charge is 0.497 e. The molecule has 0 radical (unpaired) electrons. The standard InChI is InChI=1S/C31H35FO4/c1-19(30(33)35-6)24-13-9-21-8-10-23(17-26(21)24)36-18-20-7-12-25(28(15-20)31(2,3)4)27-16-22(34-5)11-14-29(27)32/h7-8,10-12,14-17,19,24H,9,13,18H2,1-6H3/t19?,24-/m1/s1. The molecule has 0 amide bonds. The molecule has 36 heavy (non-hydrogen) atoms. The number of fused-ring (bicyclic) bond motifs is 1. The molecular formula is C31H35FO4. The van der Waals surface area contributed by atoms with Crippen LogP contribution in [0, 0.1) is 11.7 Å². The Balaban J connectivity index is 1.59. The molecule has 3 aromatic rings. The van der Waals surface area contributed by atoms with Crippen molar-refractivity contribution in [3.63, 3.8) is 0 Å². The van der Waals surface area contributed by atoms with Gasteiger partial charge in [-0.05, 0) is 82.3 Å². The van der Waals surface area contributed by atoms with Crippen molar-refractivity contribution < 1.29 is 23.4 Å². The average molecular weight is 491 g/mol. The summed E-state index contributed by atoms with van der Waals surface area (Å²) in [5.41, 5.74) is 5.65. The molecule has 1 unspecified atom stereocenters. The van der Waals surface area contributed by atoms with E-state index in [1.807, 2.05) is 25.1 Å².